The first-order valence-electron chi connectivity index (χ1n) is 10.6. The molecule has 164 valence electrons. The number of nitrogens with zero attached hydrogens (tertiary/aromatic N) is 3. The fourth-order valence-electron chi connectivity index (χ4n) is 4.04. The number of halogens is 1. The summed E-state index contributed by atoms with van der Waals surface area (Å²) in [5.74, 6) is -0.0214. The number of amides is 1. The Balaban J connectivity index is 1.51. The van der Waals surface area contributed by atoms with Gasteiger partial charge in [-0.15, -0.1) is 0 Å². The molecule has 2 heterocycles. The number of anilines is 1. The molecule has 0 saturated heterocycles. The Kier molecular flexibility index (Phi) is 6.28. The molecule has 4 aromatic rings. The van der Waals surface area contributed by atoms with Crippen molar-refractivity contribution >= 4 is 38.3 Å². The van der Waals surface area contributed by atoms with E-state index in [0.29, 0.717) is 24.8 Å². The lowest BCUT2D eigenvalue weighted by molar-refractivity contribution is -0.116. The van der Waals surface area contributed by atoms with Gasteiger partial charge in [-0.25, -0.2) is 0 Å². The zero-order valence-electron chi connectivity index (χ0n) is 18.4. The van der Waals surface area contributed by atoms with Gasteiger partial charge in [0.15, 0.2) is 0 Å². The molecule has 0 aliphatic rings. The van der Waals surface area contributed by atoms with Crippen LogP contribution in [-0.2, 0) is 11.3 Å². The summed E-state index contributed by atoms with van der Waals surface area (Å²) in [5, 5.41) is 8.87. The summed E-state index contributed by atoms with van der Waals surface area (Å²) in [5.41, 5.74) is 4.37. The molecule has 32 heavy (non-hydrogen) atoms. The number of carbonyl (C=O) groups excluding carboxylic acids is 1. The predicted molar refractivity (Wildman–Crippen MR) is 132 cm³/mol. The van der Waals surface area contributed by atoms with Crippen molar-refractivity contribution in [2.24, 2.45) is 0 Å². The van der Waals surface area contributed by atoms with E-state index in [-0.39, 0.29) is 11.5 Å². The van der Waals surface area contributed by atoms with E-state index in [1.54, 1.807) is 6.20 Å². The molecule has 4 rings (SSSR count). The zero-order valence-corrected chi connectivity index (χ0v) is 19.9. The largest absolute Gasteiger partial charge is 0.348 e. The number of aromatic nitrogens is 3. The van der Waals surface area contributed by atoms with Gasteiger partial charge in [0.05, 0.1) is 17.3 Å². The highest BCUT2D eigenvalue weighted by atomic mass is 79.9. The van der Waals surface area contributed by atoms with Crippen molar-refractivity contribution in [1.29, 1.82) is 0 Å². The van der Waals surface area contributed by atoms with E-state index in [4.69, 9.17) is 0 Å². The summed E-state index contributed by atoms with van der Waals surface area (Å²) in [7, 11) is 0. The molecule has 7 heteroatoms. The normalized spacial score (nSPS) is 11.1. The lowest BCUT2D eigenvalue weighted by Gasteiger charge is -2.10. The Morgan fingerprint density at radius 2 is 1.81 bits per heavy atom. The molecule has 0 fully saturated rings. The quantitative estimate of drug-likeness (QED) is 0.397. The van der Waals surface area contributed by atoms with Crippen LogP contribution in [0.3, 0.4) is 0 Å². The van der Waals surface area contributed by atoms with Crippen LogP contribution in [-0.4, -0.2) is 20.3 Å². The first kappa shape index (κ1) is 22.0. The summed E-state index contributed by atoms with van der Waals surface area (Å²) in [6.45, 7) is 6.59. The molecule has 0 unspecified atom stereocenters. The van der Waals surface area contributed by atoms with Gasteiger partial charge in [0, 0.05) is 39.9 Å². The highest BCUT2D eigenvalue weighted by molar-refractivity contribution is 9.10. The zero-order chi connectivity index (χ0) is 22.8. The fraction of sp³-hybridized carbons (Fsp3) is 0.240. The van der Waals surface area contributed by atoms with Gasteiger partial charge in [0.2, 0.25) is 5.91 Å². The Morgan fingerprint density at radius 3 is 2.53 bits per heavy atom. The molecule has 6 nitrogen and oxygen atoms in total. The second-order valence-electron chi connectivity index (χ2n) is 7.92. The third kappa shape index (κ3) is 4.25. The molecule has 0 radical (unpaired) electrons. The van der Waals surface area contributed by atoms with Crippen LogP contribution in [0.15, 0.2) is 64.0 Å². The van der Waals surface area contributed by atoms with Crippen LogP contribution in [0.1, 0.15) is 29.8 Å². The molecule has 0 spiro atoms. The van der Waals surface area contributed by atoms with E-state index < -0.39 is 0 Å². The van der Waals surface area contributed by atoms with Crippen molar-refractivity contribution in [2.75, 3.05) is 5.32 Å². The van der Waals surface area contributed by atoms with Crippen LogP contribution in [0, 0.1) is 20.8 Å². The number of aryl methyl sites for hydroxylation is 3. The SMILES string of the molecule is Cc1cc(NC(=O)CCCn2c(C)c3cnn(-c4ccccc4)c(=O)c3c2C)ccc1Br. The van der Waals surface area contributed by atoms with E-state index in [1.807, 2.05) is 69.3 Å². The molecular formula is C25H25BrN4O2. The number of hydrogen-bond donors (Lipinski definition) is 1. The average Bonchev–Trinajstić information content (AvgIpc) is 3.02. The molecule has 0 bridgehead atoms. The van der Waals surface area contributed by atoms with Gasteiger partial charge in [-0.05, 0) is 63.1 Å². The van der Waals surface area contributed by atoms with Gasteiger partial charge >= 0.3 is 0 Å². The van der Waals surface area contributed by atoms with Gasteiger partial charge < -0.3 is 9.88 Å². The number of benzene rings is 2. The van der Waals surface area contributed by atoms with Crippen molar-refractivity contribution in [3.8, 4) is 5.69 Å². The molecule has 0 saturated carbocycles. The summed E-state index contributed by atoms with van der Waals surface area (Å²) in [4.78, 5) is 25.6. The van der Waals surface area contributed by atoms with E-state index >= 15 is 0 Å². The molecule has 0 aliphatic carbocycles. The average molecular weight is 493 g/mol. The van der Waals surface area contributed by atoms with E-state index in [1.165, 1.54) is 4.68 Å². The lowest BCUT2D eigenvalue weighted by Crippen LogP contribution is -2.21. The number of hydrogen-bond acceptors (Lipinski definition) is 3. The summed E-state index contributed by atoms with van der Waals surface area (Å²) in [6.07, 6.45) is 2.82. The molecule has 2 aromatic carbocycles. The number of para-hydroxylation sites is 1. The Labute approximate surface area is 195 Å². The number of nitrogens with one attached hydrogen (secondary N) is 1. The molecule has 1 amide bonds. The van der Waals surface area contributed by atoms with Crippen molar-refractivity contribution in [3.63, 3.8) is 0 Å². The van der Waals surface area contributed by atoms with E-state index in [2.05, 4.69) is 30.9 Å². The van der Waals surface area contributed by atoms with Gasteiger partial charge in [-0.3, -0.25) is 9.59 Å². The van der Waals surface area contributed by atoms with Gasteiger partial charge in [-0.2, -0.15) is 9.78 Å². The third-order valence-electron chi connectivity index (χ3n) is 5.77. The van der Waals surface area contributed by atoms with Crippen molar-refractivity contribution in [3.05, 3.63) is 86.5 Å². The standard InChI is InChI=1S/C25H25BrN4O2/c1-16-14-19(11-12-22(16)26)28-23(31)10-7-13-29-17(2)21-15-27-30(20-8-5-4-6-9-20)25(32)24(21)18(29)3/h4-6,8-9,11-12,14-15H,7,10,13H2,1-3H3,(H,28,31). The van der Waals surface area contributed by atoms with Crippen molar-refractivity contribution in [2.45, 2.75) is 40.2 Å². The fourth-order valence-corrected chi connectivity index (χ4v) is 4.29. The molecule has 0 atom stereocenters. The Hall–Kier alpha value is -3.19. The maximum Gasteiger partial charge on any atom is 0.281 e. The maximum atomic E-state index is 13.2. The van der Waals surface area contributed by atoms with Crippen molar-refractivity contribution in [1.82, 2.24) is 14.3 Å². The van der Waals surface area contributed by atoms with Gasteiger partial charge in [0.1, 0.15) is 0 Å². The van der Waals surface area contributed by atoms with Crippen LogP contribution in [0.5, 0.6) is 0 Å². The summed E-state index contributed by atoms with van der Waals surface area (Å²) in [6, 6.07) is 15.2. The highest BCUT2D eigenvalue weighted by Gasteiger charge is 2.17. The van der Waals surface area contributed by atoms with Gasteiger partial charge in [-0.1, -0.05) is 34.1 Å². The smallest absolute Gasteiger partial charge is 0.281 e. The molecular weight excluding hydrogens is 468 g/mol. The van der Waals surface area contributed by atoms with Crippen LogP contribution in [0.4, 0.5) is 5.69 Å². The second-order valence-corrected chi connectivity index (χ2v) is 8.78. The first-order chi connectivity index (χ1) is 15.4. The van der Waals surface area contributed by atoms with Crippen LogP contribution < -0.4 is 10.9 Å². The summed E-state index contributed by atoms with van der Waals surface area (Å²) < 4.78 is 4.56. The lowest BCUT2D eigenvalue weighted by atomic mass is 10.2. The van der Waals surface area contributed by atoms with Crippen LogP contribution in [0.25, 0.3) is 16.5 Å². The van der Waals surface area contributed by atoms with Crippen LogP contribution in [0.2, 0.25) is 0 Å². The minimum atomic E-state index is -0.128. The molecule has 1 N–H and O–H groups in total. The van der Waals surface area contributed by atoms with Crippen molar-refractivity contribution < 1.29 is 4.79 Å². The Bertz CT molecular complexity index is 1360. The minimum Gasteiger partial charge on any atom is -0.348 e. The van der Waals surface area contributed by atoms with E-state index in [0.717, 1.165) is 38.2 Å². The topological polar surface area (TPSA) is 68.9 Å². The second kappa shape index (κ2) is 9.12. The minimum absolute atomic E-state index is 0.0214. The Morgan fingerprint density at radius 1 is 1.06 bits per heavy atom. The van der Waals surface area contributed by atoms with Gasteiger partial charge in [0.25, 0.3) is 5.56 Å². The van der Waals surface area contributed by atoms with Crippen LogP contribution >= 0.6 is 15.9 Å². The monoisotopic (exact) mass is 492 g/mol. The predicted octanol–water partition coefficient (Wildman–Crippen LogP) is 5.29. The maximum absolute atomic E-state index is 13.2. The number of carbonyl (C=O) groups is 1. The third-order valence-corrected chi connectivity index (χ3v) is 6.66. The summed E-state index contributed by atoms with van der Waals surface area (Å²) >= 11 is 3.47. The molecule has 2 aromatic heterocycles. The first-order valence-corrected chi connectivity index (χ1v) is 11.4. The number of rotatable bonds is 6. The van der Waals surface area contributed by atoms with E-state index in [9.17, 15) is 9.59 Å². The molecule has 0 aliphatic heterocycles. The highest BCUT2D eigenvalue weighted by Crippen LogP contribution is 2.23. The number of fused-ring (bicyclic) bond motifs is 1.